The number of hydrogen-bond acceptors (Lipinski definition) is 3. The van der Waals surface area contributed by atoms with Gasteiger partial charge in [-0.05, 0) is 0 Å². The van der Waals surface area contributed by atoms with Crippen LogP contribution in [0, 0.1) is 0 Å². The normalized spacial score (nSPS) is 21.1. The standard InChI is InChI=1S/C7H13BrF2N2O2S/c8-1-2-11-3-5-12(6-4-11)15(13,14)7(9)10/h7H,1-6H2. The highest BCUT2D eigenvalue weighted by atomic mass is 79.9. The van der Waals surface area contributed by atoms with Gasteiger partial charge >= 0.3 is 5.76 Å². The zero-order valence-corrected chi connectivity index (χ0v) is 10.5. The second-order valence-corrected chi connectivity index (χ2v) is 5.93. The molecule has 1 aliphatic heterocycles. The van der Waals surface area contributed by atoms with Gasteiger partial charge in [0.15, 0.2) is 0 Å². The maximum atomic E-state index is 12.2. The van der Waals surface area contributed by atoms with Crippen LogP contribution in [-0.2, 0) is 10.0 Å². The van der Waals surface area contributed by atoms with E-state index in [9.17, 15) is 17.2 Å². The zero-order valence-electron chi connectivity index (χ0n) is 8.07. The molecule has 1 saturated heterocycles. The Hall–Kier alpha value is 0.210. The van der Waals surface area contributed by atoms with Crippen LogP contribution in [0.4, 0.5) is 8.78 Å². The van der Waals surface area contributed by atoms with Crippen LogP contribution >= 0.6 is 15.9 Å². The first-order valence-corrected chi connectivity index (χ1v) is 7.16. The van der Waals surface area contributed by atoms with Crippen LogP contribution in [0.25, 0.3) is 0 Å². The van der Waals surface area contributed by atoms with E-state index in [1.165, 1.54) is 0 Å². The third-order valence-electron chi connectivity index (χ3n) is 2.32. The molecular weight excluding hydrogens is 294 g/mol. The van der Waals surface area contributed by atoms with Crippen molar-refractivity contribution >= 4 is 26.0 Å². The summed E-state index contributed by atoms with van der Waals surface area (Å²) in [5.74, 6) is -3.31. The third kappa shape index (κ3) is 3.33. The molecule has 0 aromatic heterocycles. The van der Waals surface area contributed by atoms with E-state index >= 15 is 0 Å². The minimum atomic E-state index is -4.38. The predicted molar refractivity (Wildman–Crippen MR) is 56.7 cm³/mol. The Labute approximate surface area is 96.4 Å². The molecule has 0 aromatic carbocycles. The van der Waals surface area contributed by atoms with Gasteiger partial charge < -0.3 is 0 Å². The lowest BCUT2D eigenvalue weighted by molar-refractivity contribution is 0.175. The summed E-state index contributed by atoms with van der Waals surface area (Å²) in [6.07, 6.45) is 0. The van der Waals surface area contributed by atoms with E-state index in [-0.39, 0.29) is 13.1 Å². The molecule has 0 aliphatic carbocycles. The molecule has 0 spiro atoms. The number of nitrogens with zero attached hydrogens (tertiary/aromatic N) is 2. The lowest BCUT2D eigenvalue weighted by atomic mass is 10.4. The third-order valence-corrected chi connectivity index (χ3v) is 4.21. The first-order chi connectivity index (χ1) is 6.98. The molecule has 0 radical (unpaired) electrons. The van der Waals surface area contributed by atoms with Crippen molar-refractivity contribution in [2.24, 2.45) is 0 Å². The van der Waals surface area contributed by atoms with E-state index in [0.717, 1.165) is 16.2 Å². The molecule has 4 nitrogen and oxygen atoms in total. The summed E-state index contributed by atoms with van der Waals surface area (Å²) in [5.41, 5.74) is 0. The highest BCUT2D eigenvalue weighted by Gasteiger charge is 2.33. The van der Waals surface area contributed by atoms with Crippen molar-refractivity contribution in [3.63, 3.8) is 0 Å². The quantitative estimate of drug-likeness (QED) is 0.712. The second kappa shape index (κ2) is 5.51. The fourth-order valence-corrected chi connectivity index (χ4v) is 2.84. The van der Waals surface area contributed by atoms with Crippen LogP contribution in [0.15, 0.2) is 0 Å². The van der Waals surface area contributed by atoms with Crippen LogP contribution < -0.4 is 0 Å². The fourth-order valence-electron chi connectivity index (χ4n) is 1.44. The summed E-state index contributed by atoms with van der Waals surface area (Å²) in [5, 5.41) is 0.800. The topological polar surface area (TPSA) is 40.6 Å². The SMILES string of the molecule is O=S(=O)(C(F)F)N1CCN(CCBr)CC1. The monoisotopic (exact) mass is 306 g/mol. The van der Waals surface area contributed by atoms with Gasteiger partial charge in [-0.1, -0.05) is 15.9 Å². The van der Waals surface area contributed by atoms with Gasteiger partial charge in [-0.15, -0.1) is 0 Å². The van der Waals surface area contributed by atoms with Crippen LogP contribution in [-0.4, -0.2) is 61.4 Å². The summed E-state index contributed by atoms with van der Waals surface area (Å²) in [6, 6.07) is 0. The molecule has 0 atom stereocenters. The first kappa shape index (κ1) is 13.3. The van der Waals surface area contributed by atoms with Gasteiger partial charge in [-0.25, -0.2) is 8.42 Å². The van der Waals surface area contributed by atoms with Crippen molar-refractivity contribution in [3.8, 4) is 0 Å². The molecule has 15 heavy (non-hydrogen) atoms. The van der Waals surface area contributed by atoms with Crippen LogP contribution in [0.3, 0.4) is 0 Å². The number of piperazine rings is 1. The van der Waals surface area contributed by atoms with Crippen molar-refractivity contribution in [1.29, 1.82) is 0 Å². The van der Waals surface area contributed by atoms with E-state index in [1.54, 1.807) is 0 Å². The van der Waals surface area contributed by atoms with Gasteiger partial charge in [-0.2, -0.15) is 13.1 Å². The van der Waals surface area contributed by atoms with E-state index in [2.05, 4.69) is 15.9 Å². The molecule has 0 aromatic rings. The molecule has 0 saturated carbocycles. The largest absolute Gasteiger partial charge is 0.350 e. The Morgan fingerprint density at radius 2 is 1.73 bits per heavy atom. The highest BCUT2D eigenvalue weighted by Crippen LogP contribution is 2.14. The molecule has 8 heteroatoms. The summed E-state index contributed by atoms with van der Waals surface area (Å²) >= 11 is 3.27. The summed E-state index contributed by atoms with van der Waals surface area (Å²) in [4.78, 5) is 2.03. The Kier molecular flexibility index (Phi) is 4.88. The van der Waals surface area contributed by atoms with Gasteiger partial charge in [0.25, 0.3) is 10.0 Å². The Morgan fingerprint density at radius 1 is 1.20 bits per heavy atom. The van der Waals surface area contributed by atoms with E-state index in [1.807, 2.05) is 4.90 Å². The molecule has 0 unspecified atom stereocenters. The molecule has 1 rings (SSSR count). The van der Waals surface area contributed by atoms with E-state index < -0.39 is 15.8 Å². The van der Waals surface area contributed by atoms with Crippen molar-refractivity contribution in [2.45, 2.75) is 5.76 Å². The number of sulfonamides is 1. The van der Waals surface area contributed by atoms with Crippen LogP contribution in [0.2, 0.25) is 0 Å². The van der Waals surface area contributed by atoms with Gasteiger partial charge in [0, 0.05) is 38.1 Å². The maximum absolute atomic E-state index is 12.2. The zero-order chi connectivity index (χ0) is 11.5. The number of halogens is 3. The maximum Gasteiger partial charge on any atom is 0.350 e. The van der Waals surface area contributed by atoms with Crippen LogP contribution in [0.5, 0.6) is 0 Å². The van der Waals surface area contributed by atoms with Gasteiger partial charge in [0.1, 0.15) is 0 Å². The lowest BCUT2D eigenvalue weighted by Gasteiger charge is -2.33. The molecule has 0 amide bonds. The van der Waals surface area contributed by atoms with Gasteiger partial charge in [0.05, 0.1) is 0 Å². The first-order valence-electron chi connectivity index (χ1n) is 4.54. The highest BCUT2D eigenvalue weighted by molar-refractivity contribution is 9.09. The number of hydrogen-bond donors (Lipinski definition) is 0. The number of rotatable bonds is 4. The van der Waals surface area contributed by atoms with Gasteiger partial charge in [0.2, 0.25) is 0 Å². The van der Waals surface area contributed by atoms with Crippen molar-refractivity contribution in [3.05, 3.63) is 0 Å². The fraction of sp³-hybridized carbons (Fsp3) is 1.00. The average molecular weight is 307 g/mol. The summed E-state index contributed by atoms with van der Waals surface area (Å²) in [7, 11) is -4.38. The Balaban J connectivity index is 2.51. The molecule has 0 bridgehead atoms. The predicted octanol–water partition coefficient (Wildman–Crippen LogP) is 0.551. The average Bonchev–Trinajstić information content (AvgIpc) is 2.19. The van der Waals surface area contributed by atoms with Crippen molar-refractivity contribution in [1.82, 2.24) is 9.21 Å². The minimum absolute atomic E-state index is 0.152. The van der Waals surface area contributed by atoms with Crippen molar-refractivity contribution in [2.75, 3.05) is 38.1 Å². The molecular formula is C7H13BrF2N2O2S. The second-order valence-electron chi connectivity index (χ2n) is 3.24. The smallest absolute Gasteiger partial charge is 0.300 e. The lowest BCUT2D eigenvalue weighted by Crippen LogP contribution is -2.50. The number of alkyl halides is 3. The van der Waals surface area contributed by atoms with Gasteiger partial charge in [-0.3, -0.25) is 4.90 Å². The molecule has 90 valence electrons. The molecule has 0 N–H and O–H groups in total. The Bertz CT molecular complexity index is 291. The van der Waals surface area contributed by atoms with E-state index in [0.29, 0.717) is 13.1 Å². The summed E-state index contributed by atoms with van der Waals surface area (Å²) < 4.78 is 47.4. The van der Waals surface area contributed by atoms with E-state index in [4.69, 9.17) is 0 Å². The Morgan fingerprint density at radius 3 is 2.13 bits per heavy atom. The molecule has 1 fully saturated rings. The van der Waals surface area contributed by atoms with Crippen LogP contribution in [0.1, 0.15) is 0 Å². The minimum Gasteiger partial charge on any atom is -0.300 e. The van der Waals surface area contributed by atoms with Crippen molar-refractivity contribution < 1.29 is 17.2 Å². The molecule has 1 heterocycles. The summed E-state index contributed by atoms with van der Waals surface area (Å²) in [6.45, 7) is 2.14. The molecule has 1 aliphatic rings.